The molecule has 1 aromatic heterocycles. The summed E-state index contributed by atoms with van der Waals surface area (Å²) in [7, 11) is 0. The molecule has 3 nitrogen and oxygen atoms in total. The molecule has 0 radical (unpaired) electrons. The number of aromatic nitrogens is 1. The van der Waals surface area contributed by atoms with Crippen LogP contribution < -0.4 is 0 Å². The zero-order chi connectivity index (χ0) is 19.4. The third-order valence-corrected chi connectivity index (χ3v) is 5.12. The smallest absolute Gasteiger partial charge is 0.416 e. The van der Waals surface area contributed by atoms with Gasteiger partial charge >= 0.3 is 12.1 Å². The predicted octanol–water partition coefficient (Wildman–Crippen LogP) is 5.52. The van der Waals surface area contributed by atoms with Crippen LogP contribution in [-0.4, -0.2) is 17.1 Å². The van der Waals surface area contributed by atoms with Crippen molar-refractivity contribution in [2.75, 3.05) is 6.61 Å². The van der Waals surface area contributed by atoms with Crippen molar-refractivity contribution in [3.8, 4) is 0 Å². The van der Waals surface area contributed by atoms with E-state index in [1.807, 2.05) is 35.0 Å². The molecule has 7 heteroatoms. The zero-order valence-corrected chi connectivity index (χ0v) is 15.4. The standard InChI is InChI=1S/C20H18F3NO2S/c1-2-26-19(25)12-24-11-18(16-8-3-4-9-17(16)24)27-13-14-6-5-7-15(10-14)20(21,22)23/h3-11H,2,12-13H2,1H3. The highest BCUT2D eigenvalue weighted by Crippen LogP contribution is 2.34. The summed E-state index contributed by atoms with van der Waals surface area (Å²) < 4.78 is 45.4. The van der Waals surface area contributed by atoms with E-state index in [1.54, 1.807) is 13.0 Å². The number of nitrogens with zero attached hydrogens (tertiary/aromatic N) is 1. The minimum atomic E-state index is -4.35. The minimum Gasteiger partial charge on any atom is -0.465 e. The molecule has 0 aliphatic carbocycles. The second kappa shape index (κ2) is 8.08. The number of benzene rings is 2. The van der Waals surface area contributed by atoms with E-state index in [9.17, 15) is 18.0 Å². The van der Waals surface area contributed by atoms with Crippen molar-refractivity contribution in [3.05, 3.63) is 65.9 Å². The fourth-order valence-corrected chi connectivity index (χ4v) is 3.83. The number of alkyl halides is 3. The maximum absolute atomic E-state index is 12.9. The van der Waals surface area contributed by atoms with Gasteiger partial charge in [-0.3, -0.25) is 4.79 Å². The lowest BCUT2D eigenvalue weighted by atomic mass is 10.1. The molecule has 1 heterocycles. The first-order valence-corrected chi connectivity index (χ1v) is 9.39. The quantitative estimate of drug-likeness (QED) is 0.408. The molecule has 0 aliphatic heterocycles. The normalized spacial score (nSPS) is 11.7. The van der Waals surface area contributed by atoms with Gasteiger partial charge in [0.15, 0.2) is 0 Å². The van der Waals surface area contributed by atoms with E-state index in [4.69, 9.17) is 4.74 Å². The third-order valence-electron chi connectivity index (χ3n) is 4.01. The van der Waals surface area contributed by atoms with Crippen molar-refractivity contribution in [2.24, 2.45) is 0 Å². The van der Waals surface area contributed by atoms with Gasteiger partial charge in [-0.05, 0) is 24.6 Å². The average molecular weight is 393 g/mol. The van der Waals surface area contributed by atoms with Crippen LogP contribution >= 0.6 is 11.8 Å². The Morgan fingerprint density at radius 2 is 1.93 bits per heavy atom. The summed E-state index contributed by atoms with van der Waals surface area (Å²) in [6.45, 7) is 2.16. The number of carbonyl (C=O) groups excluding carboxylic acids is 1. The molecule has 0 saturated carbocycles. The molecule has 0 N–H and O–H groups in total. The summed E-state index contributed by atoms with van der Waals surface area (Å²) in [5.74, 6) is 0.0739. The molecule has 0 amide bonds. The molecule has 0 spiro atoms. The molecule has 0 fully saturated rings. The lowest BCUT2D eigenvalue weighted by molar-refractivity contribution is -0.143. The topological polar surface area (TPSA) is 31.2 Å². The molecule has 3 aromatic rings. The number of hydrogen-bond acceptors (Lipinski definition) is 3. The summed E-state index contributed by atoms with van der Waals surface area (Å²) in [5, 5.41) is 0.957. The Kier molecular flexibility index (Phi) is 5.79. The number of esters is 1. The molecule has 0 bridgehead atoms. The summed E-state index contributed by atoms with van der Waals surface area (Å²) in [6.07, 6.45) is -2.50. The van der Waals surface area contributed by atoms with Gasteiger partial charge in [0.1, 0.15) is 6.54 Å². The zero-order valence-electron chi connectivity index (χ0n) is 14.6. The molecule has 27 heavy (non-hydrogen) atoms. The number of fused-ring (bicyclic) bond motifs is 1. The Bertz CT molecular complexity index is 950. The highest BCUT2D eigenvalue weighted by molar-refractivity contribution is 7.98. The summed E-state index contributed by atoms with van der Waals surface area (Å²) >= 11 is 1.44. The molecule has 3 rings (SSSR count). The van der Waals surface area contributed by atoms with Gasteiger partial charge in [-0.2, -0.15) is 13.2 Å². The van der Waals surface area contributed by atoms with E-state index in [2.05, 4.69) is 0 Å². The summed E-state index contributed by atoms with van der Waals surface area (Å²) in [4.78, 5) is 12.7. The van der Waals surface area contributed by atoms with E-state index < -0.39 is 11.7 Å². The number of halogens is 3. The van der Waals surface area contributed by atoms with Crippen LogP contribution in [0, 0.1) is 0 Å². The predicted molar refractivity (Wildman–Crippen MR) is 99.6 cm³/mol. The van der Waals surface area contributed by atoms with Crippen molar-refractivity contribution in [3.63, 3.8) is 0 Å². The first-order valence-electron chi connectivity index (χ1n) is 8.41. The average Bonchev–Trinajstić information content (AvgIpc) is 2.97. The van der Waals surface area contributed by atoms with Gasteiger partial charge in [-0.15, -0.1) is 11.8 Å². The molecule has 0 aliphatic rings. The maximum Gasteiger partial charge on any atom is 0.416 e. The van der Waals surface area contributed by atoms with E-state index in [-0.39, 0.29) is 12.5 Å². The monoisotopic (exact) mass is 393 g/mol. The van der Waals surface area contributed by atoms with Crippen LogP contribution in [0.4, 0.5) is 13.2 Å². The van der Waals surface area contributed by atoms with Crippen LogP contribution in [0.3, 0.4) is 0 Å². The van der Waals surface area contributed by atoms with Crippen molar-refractivity contribution >= 4 is 28.6 Å². The molecule has 0 saturated heterocycles. The Balaban J connectivity index is 1.82. The van der Waals surface area contributed by atoms with Gasteiger partial charge in [0.05, 0.1) is 12.2 Å². The fraction of sp³-hybridized carbons (Fsp3) is 0.250. The van der Waals surface area contributed by atoms with Gasteiger partial charge in [0.2, 0.25) is 0 Å². The lowest BCUT2D eigenvalue weighted by Gasteiger charge is -2.08. The number of rotatable bonds is 6. The third kappa shape index (κ3) is 4.66. The Morgan fingerprint density at radius 3 is 2.67 bits per heavy atom. The lowest BCUT2D eigenvalue weighted by Crippen LogP contribution is -2.12. The first kappa shape index (κ1) is 19.4. The van der Waals surface area contributed by atoms with Gasteiger partial charge in [-0.25, -0.2) is 0 Å². The van der Waals surface area contributed by atoms with Gasteiger partial charge in [-0.1, -0.05) is 36.4 Å². The van der Waals surface area contributed by atoms with Crippen molar-refractivity contribution < 1.29 is 22.7 Å². The number of carbonyl (C=O) groups is 1. The van der Waals surface area contributed by atoms with Gasteiger partial charge < -0.3 is 9.30 Å². The summed E-state index contributed by atoms with van der Waals surface area (Å²) in [6, 6.07) is 13.0. The van der Waals surface area contributed by atoms with Gasteiger partial charge in [0, 0.05) is 27.7 Å². The summed E-state index contributed by atoms with van der Waals surface area (Å²) in [5.41, 5.74) is 0.833. The number of thioether (sulfide) groups is 1. The maximum atomic E-state index is 12.9. The van der Waals surface area contributed by atoms with Crippen LogP contribution in [0.1, 0.15) is 18.1 Å². The van der Waals surface area contributed by atoms with Crippen LogP contribution in [0.5, 0.6) is 0 Å². The van der Waals surface area contributed by atoms with Crippen LogP contribution in [-0.2, 0) is 28.0 Å². The molecular formula is C20H18F3NO2S. The van der Waals surface area contributed by atoms with Crippen molar-refractivity contribution in [1.29, 1.82) is 0 Å². The largest absolute Gasteiger partial charge is 0.465 e. The number of ether oxygens (including phenoxy) is 1. The van der Waals surface area contributed by atoms with E-state index in [1.165, 1.54) is 23.9 Å². The van der Waals surface area contributed by atoms with Crippen molar-refractivity contribution in [1.82, 2.24) is 4.57 Å². The molecular weight excluding hydrogens is 375 g/mol. The fourth-order valence-electron chi connectivity index (χ4n) is 2.80. The Labute approximate surface area is 159 Å². The molecule has 0 unspecified atom stereocenters. The SMILES string of the molecule is CCOC(=O)Cn1cc(SCc2cccc(C(F)(F)F)c2)c2ccccc21. The molecule has 2 aromatic carbocycles. The highest BCUT2D eigenvalue weighted by atomic mass is 32.2. The van der Waals surface area contributed by atoms with E-state index in [0.29, 0.717) is 17.9 Å². The minimum absolute atomic E-state index is 0.0957. The van der Waals surface area contributed by atoms with Crippen LogP contribution in [0.15, 0.2) is 59.6 Å². The Morgan fingerprint density at radius 1 is 1.15 bits per heavy atom. The van der Waals surface area contributed by atoms with Crippen molar-refractivity contribution in [2.45, 2.75) is 30.3 Å². The Hall–Kier alpha value is -2.41. The highest BCUT2D eigenvalue weighted by Gasteiger charge is 2.30. The number of hydrogen-bond donors (Lipinski definition) is 0. The van der Waals surface area contributed by atoms with Crippen LogP contribution in [0.25, 0.3) is 10.9 Å². The van der Waals surface area contributed by atoms with E-state index >= 15 is 0 Å². The second-order valence-electron chi connectivity index (χ2n) is 5.93. The molecule has 0 atom stereocenters. The molecule has 142 valence electrons. The number of para-hydroxylation sites is 1. The van der Waals surface area contributed by atoms with Gasteiger partial charge in [0.25, 0.3) is 0 Å². The first-order chi connectivity index (χ1) is 12.9. The second-order valence-corrected chi connectivity index (χ2v) is 6.95. The van der Waals surface area contributed by atoms with Crippen LogP contribution in [0.2, 0.25) is 0 Å². The van der Waals surface area contributed by atoms with E-state index in [0.717, 1.165) is 21.9 Å².